The lowest BCUT2D eigenvalue weighted by atomic mass is 10.1. The van der Waals surface area contributed by atoms with Gasteiger partial charge in [-0.05, 0) is 69.0 Å². The number of benzene rings is 2. The first kappa shape index (κ1) is 19.7. The molecular formula is C23H25N3O2S. The van der Waals surface area contributed by atoms with Crippen LogP contribution in [0.5, 0.6) is 0 Å². The average Bonchev–Trinajstić information content (AvgIpc) is 3.25. The summed E-state index contributed by atoms with van der Waals surface area (Å²) in [5, 5.41) is 0.824. The smallest absolute Gasteiger partial charge is 0.266 e. The Morgan fingerprint density at radius 1 is 1.07 bits per heavy atom. The molecule has 0 bridgehead atoms. The van der Waals surface area contributed by atoms with Crippen LogP contribution in [-0.2, 0) is 4.79 Å². The second-order valence-electron chi connectivity index (χ2n) is 7.61. The molecule has 1 aliphatic rings. The van der Waals surface area contributed by atoms with E-state index in [-0.39, 0.29) is 16.7 Å². The summed E-state index contributed by atoms with van der Waals surface area (Å²) in [7, 11) is 0. The number of carbonyl (C=O) groups excluding carboxylic acids is 1. The Bertz CT molecular complexity index is 1130. The van der Waals surface area contributed by atoms with Gasteiger partial charge in [0.1, 0.15) is 0 Å². The van der Waals surface area contributed by atoms with Gasteiger partial charge < -0.3 is 4.90 Å². The number of para-hydroxylation sites is 1. The van der Waals surface area contributed by atoms with Crippen molar-refractivity contribution in [3.63, 3.8) is 0 Å². The molecule has 2 heterocycles. The van der Waals surface area contributed by atoms with Crippen LogP contribution in [0.15, 0.2) is 52.4 Å². The van der Waals surface area contributed by atoms with Crippen molar-refractivity contribution >= 4 is 28.6 Å². The number of fused-ring (bicyclic) bond motifs is 1. The molecule has 1 saturated heterocycles. The van der Waals surface area contributed by atoms with E-state index in [4.69, 9.17) is 4.98 Å². The summed E-state index contributed by atoms with van der Waals surface area (Å²) in [4.78, 5) is 32.9. The zero-order valence-electron chi connectivity index (χ0n) is 17.0. The molecule has 29 heavy (non-hydrogen) atoms. The van der Waals surface area contributed by atoms with Crippen molar-refractivity contribution in [1.29, 1.82) is 0 Å². The van der Waals surface area contributed by atoms with Gasteiger partial charge in [0, 0.05) is 13.1 Å². The number of nitrogens with zero attached hydrogens (tertiary/aromatic N) is 3. The molecule has 1 amide bonds. The predicted molar refractivity (Wildman–Crippen MR) is 118 cm³/mol. The lowest BCUT2D eigenvalue weighted by Gasteiger charge is -2.21. The number of thioether (sulfide) groups is 1. The van der Waals surface area contributed by atoms with E-state index < -0.39 is 0 Å². The molecule has 4 rings (SSSR count). The number of carbonyl (C=O) groups is 1. The Kier molecular flexibility index (Phi) is 5.46. The zero-order chi connectivity index (χ0) is 20.5. The van der Waals surface area contributed by atoms with Gasteiger partial charge in [-0.3, -0.25) is 14.2 Å². The number of hydrogen-bond acceptors (Lipinski definition) is 4. The first-order valence-corrected chi connectivity index (χ1v) is 10.9. The maximum absolute atomic E-state index is 13.4. The zero-order valence-corrected chi connectivity index (χ0v) is 17.8. The summed E-state index contributed by atoms with van der Waals surface area (Å²) in [5.41, 5.74) is 3.60. The fraction of sp³-hybridized carbons (Fsp3) is 0.348. The molecule has 150 valence electrons. The summed E-state index contributed by atoms with van der Waals surface area (Å²) < 4.78 is 1.65. The highest BCUT2D eigenvalue weighted by Crippen LogP contribution is 2.27. The Hall–Kier alpha value is -2.60. The van der Waals surface area contributed by atoms with Gasteiger partial charge >= 0.3 is 0 Å². The summed E-state index contributed by atoms with van der Waals surface area (Å²) in [6, 6.07) is 13.3. The number of aryl methyl sites for hydroxylation is 2. The van der Waals surface area contributed by atoms with Crippen LogP contribution in [0.2, 0.25) is 0 Å². The molecule has 5 nitrogen and oxygen atoms in total. The molecule has 3 aromatic rings. The van der Waals surface area contributed by atoms with Crippen molar-refractivity contribution in [3.05, 3.63) is 63.9 Å². The summed E-state index contributed by atoms with van der Waals surface area (Å²) in [6.45, 7) is 7.62. The molecule has 0 radical (unpaired) electrons. The largest absolute Gasteiger partial charge is 0.342 e. The molecule has 0 spiro atoms. The van der Waals surface area contributed by atoms with Crippen LogP contribution < -0.4 is 5.56 Å². The van der Waals surface area contributed by atoms with Crippen LogP contribution in [0.25, 0.3) is 16.6 Å². The number of aromatic nitrogens is 2. The minimum atomic E-state index is -0.307. The topological polar surface area (TPSA) is 55.2 Å². The summed E-state index contributed by atoms with van der Waals surface area (Å²) in [6.07, 6.45) is 2.12. The normalized spacial score (nSPS) is 15.1. The van der Waals surface area contributed by atoms with Crippen molar-refractivity contribution in [2.24, 2.45) is 0 Å². The molecule has 1 unspecified atom stereocenters. The van der Waals surface area contributed by atoms with Gasteiger partial charge in [-0.1, -0.05) is 30.0 Å². The second-order valence-corrected chi connectivity index (χ2v) is 8.92. The van der Waals surface area contributed by atoms with E-state index in [2.05, 4.69) is 0 Å². The second kappa shape index (κ2) is 8.03. The fourth-order valence-corrected chi connectivity index (χ4v) is 4.70. The Labute approximate surface area is 174 Å². The SMILES string of the molecule is Cc1ccc(-n2c(SC(C)C(=O)N3CCCC3)nc3ccccc3c2=O)cc1C. The van der Waals surface area contributed by atoms with Crippen molar-refractivity contribution < 1.29 is 4.79 Å². The molecule has 1 aliphatic heterocycles. The van der Waals surface area contributed by atoms with Gasteiger partial charge in [-0.2, -0.15) is 0 Å². The van der Waals surface area contributed by atoms with Crippen LogP contribution in [0.3, 0.4) is 0 Å². The highest BCUT2D eigenvalue weighted by molar-refractivity contribution is 8.00. The molecule has 1 fully saturated rings. The lowest BCUT2D eigenvalue weighted by Crippen LogP contribution is -2.34. The van der Waals surface area contributed by atoms with E-state index in [1.807, 2.05) is 62.1 Å². The third kappa shape index (κ3) is 3.81. The number of hydrogen-bond donors (Lipinski definition) is 0. The van der Waals surface area contributed by atoms with Gasteiger partial charge in [0.15, 0.2) is 5.16 Å². The molecule has 2 aromatic carbocycles. The Morgan fingerprint density at radius 3 is 2.52 bits per heavy atom. The van der Waals surface area contributed by atoms with Crippen LogP contribution in [-0.4, -0.2) is 38.7 Å². The van der Waals surface area contributed by atoms with Crippen molar-refractivity contribution in [2.45, 2.75) is 44.0 Å². The number of rotatable bonds is 4. The molecule has 1 atom stereocenters. The van der Waals surface area contributed by atoms with Crippen LogP contribution >= 0.6 is 11.8 Å². The summed E-state index contributed by atoms with van der Waals surface area (Å²) >= 11 is 1.36. The summed E-state index contributed by atoms with van der Waals surface area (Å²) in [5.74, 6) is 0.113. The van der Waals surface area contributed by atoms with E-state index in [1.54, 1.807) is 10.6 Å². The van der Waals surface area contributed by atoms with Gasteiger partial charge in [0.05, 0.1) is 21.8 Å². The number of likely N-dealkylation sites (tertiary alicyclic amines) is 1. The standard InChI is InChI=1S/C23H25N3O2S/c1-15-10-11-18(14-16(15)2)26-22(28)19-8-4-5-9-20(19)24-23(26)29-17(3)21(27)25-12-6-7-13-25/h4-5,8-11,14,17H,6-7,12-13H2,1-3H3. The van der Waals surface area contributed by atoms with E-state index in [1.165, 1.54) is 17.3 Å². The Balaban J connectivity index is 1.82. The Morgan fingerprint density at radius 2 is 1.79 bits per heavy atom. The van der Waals surface area contributed by atoms with E-state index in [0.29, 0.717) is 16.1 Å². The first-order chi connectivity index (χ1) is 14.0. The van der Waals surface area contributed by atoms with E-state index in [9.17, 15) is 9.59 Å². The molecule has 6 heteroatoms. The highest BCUT2D eigenvalue weighted by Gasteiger charge is 2.26. The molecule has 0 N–H and O–H groups in total. The first-order valence-electron chi connectivity index (χ1n) is 10.0. The van der Waals surface area contributed by atoms with Crippen LogP contribution in [0, 0.1) is 13.8 Å². The fourth-order valence-electron chi connectivity index (χ4n) is 3.69. The average molecular weight is 408 g/mol. The molecule has 1 aromatic heterocycles. The van der Waals surface area contributed by atoms with Gasteiger partial charge in [0.2, 0.25) is 5.91 Å². The lowest BCUT2D eigenvalue weighted by molar-refractivity contribution is -0.129. The molecule has 0 saturated carbocycles. The maximum Gasteiger partial charge on any atom is 0.266 e. The van der Waals surface area contributed by atoms with E-state index >= 15 is 0 Å². The van der Waals surface area contributed by atoms with Crippen molar-refractivity contribution in [2.75, 3.05) is 13.1 Å². The molecule has 0 aliphatic carbocycles. The van der Waals surface area contributed by atoms with Gasteiger partial charge in [-0.25, -0.2) is 4.98 Å². The number of amides is 1. The maximum atomic E-state index is 13.4. The monoisotopic (exact) mass is 407 g/mol. The van der Waals surface area contributed by atoms with Gasteiger partial charge in [0.25, 0.3) is 5.56 Å². The van der Waals surface area contributed by atoms with Crippen LogP contribution in [0.4, 0.5) is 0 Å². The quantitative estimate of drug-likeness (QED) is 0.483. The third-order valence-corrected chi connectivity index (χ3v) is 6.58. The van der Waals surface area contributed by atoms with Crippen LogP contribution in [0.1, 0.15) is 30.9 Å². The van der Waals surface area contributed by atoms with E-state index in [0.717, 1.165) is 37.2 Å². The van der Waals surface area contributed by atoms with Crippen molar-refractivity contribution in [1.82, 2.24) is 14.5 Å². The predicted octanol–water partition coefficient (Wildman–Crippen LogP) is 4.11. The van der Waals surface area contributed by atoms with Crippen molar-refractivity contribution in [3.8, 4) is 5.69 Å². The minimum absolute atomic E-state index is 0.109. The third-order valence-electron chi connectivity index (χ3n) is 5.54. The minimum Gasteiger partial charge on any atom is -0.342 e. The molecular weight excluding hydrogens is 382 g/mol. The highest BCUT2D eigenvalue weighted by atomic mass is 32.2. The van der Waals surface area contributed by atoms with Gasteiger partial charge in [-0.15, -0.1) is 0 Å².